The summed E-state index contributed by atoms with van der Waals surface area (Å²) in [6.45, 7) is 8.09. The molecule has 1 aromatic rings. The van der Waals surface area contributed by atoms with Gasteiger partial charge in [0.25, 0.3) is 0 Å². The molecule has 0 saturated heterocycles. The predicted molar refractivity (Wildman–Crippen MR) is 74.2 cm³/mol. The molecule has 0 spiro atoms. The smallest absolute Gasteiger partial charge is 0.0316 e. The Morgan fingerprint density at radius 2 is 2.00 bits per heavy atom. The minimum atomic E-state index is 0.825. The van der Waals surface area contributed by atoms with Crippen LogP contribution in [0.1, 0.15) is 31.4 Å². The number of nitrogens with zero attached hydrogens (tertiary/aromatic N) is 1. The van der Waals surface area contributed by atoms with Gasteiger partial charge in [-0.3, -0.25) is 0 Å². The summed E-state index contributed by atoms with van der Waals surface area (Å²) in [5.41, 5.74) is 9.73. The van der Waals surface area contributed by atoms with Gasteiger partial charge in [-0.05, 0) is 61.5 Å². The second-order valence-electron chi connectivity index (χ2n) is 5.12. The van der Waals surface area contributed by atoms with E-state index in [1.807, 2.05) is 6.07 Å². The topological polar surface area (TPSA) is 29.3 Å². The number of hydrogen-bond acceptors (Lipinski definition) is 2. The van der Waals surface area contributed by atoms with Gasteiger partial charge in [-0.25, -0.2) is 0 Å². The Morgan fingerprint density at radius 3 is 2.71 bits per heavy atom. The van der Waals surface area contributed by atoms with Crippen molar-refractivity contribution >= 4 is 5.69 Å². The fourth-order valence-electron chi connectivity index (χ4n) is 2.85. The summed E-state index contributed by atoms with van der Waals surface area (Å²) in [6, 6.07) is 6.42. The summed E-state index contributed by atoms with van der Waals surface area (Å²) in [5, 5.41) is 0. The number of fused-ring (bicyclic) bond motifs is 1. The third-order valence-corrected chi connectivity index (χ3v) is 3.97. The SMILES string of the molecule is CCN(CC)CC1CCc2cc(N)ccc2C1. The third-order valence-electron chi connectivity index (χ3n) is 3.97. The molecule has 2 nitrogen and oxygen atoms in total. The number of benzene rings is 1. The van der Waals surface area contributed by atoms with Gasteiger partial charge in [-0.1, -0.05) is 19.9 Å². The second kappa shape index (κ2) is 5.54. The average Bonchev–Trinajstić information content (AvgIpc) is 2.36. The van der Waals surface area contributed by atoms with Crippen LogP contribution in [-0.2, 0) is 12.8 Å². The zero-order chi connectivity index (χ0) is 12.3. The quantitative estimate of drug-likeness (QED) is 0.809. The van der Waals surface area contributed by atoms with E-state index in [2.05, 4.69) is 30.9 Å². The lowest BCUT2D eigenvalue weighted by atomic mass is 9.83. The van der Waals surface area contributed by atoms with Crippen LogP contribution in [-0.4, -0.2) is 24.5 Å². The molecule has 1 aromatic carbocycles. The first-order valence-corrected chi connectivity index (χ1v) is 6.82. The highest BCUT2D eigenvalue weighted by atomic mass is 15.1. The highest BCUT2D eigenvalue weighted by Crippen LogP contribution is 2.27. The van der Waals surface area contributed by atoms with Gasteiger partial charge in [-0.2, -0.15) is 0 Å². The largest absolute Gasteiger partial charge is 0.399 e. The summed E-state index contributed by atoms with van der Waals surface area (Å²) in [4.78, 5) is 2.53. The zero-order valence-corrected chi connectivity index (χ0v) is 11.1. The van der Waals surface area contributed by atoms with Crippen LogP contribution in [0.2, 0.25) is 0 Å². The van der Waals surface area contributed by atoms with Crippen LogP contribution in [0, 0.1) is 5.92 Å². The third kappa shape index (κ3) is 3.01. The number of nitrogen functional groups attached to an aromatic ring is 1. The lowest BCUT2D eigenvalue weighted by molar-refractivity contribution is 0.239. The molecule has 1 aliphatic rings. The molecule has 0 aromatic heterocycles. The highest BCUT2D eigenvalue weighted by molar-refractivity contribution is 5.45. The predicted octanol–water partition coefficient (Wildman–Crippen LogP) is 2.72. The molecule has 0 radical (unpaired) electrons. The van der Waals surface area contributed by atoms with Crippen molar-refractivity contribution in [2.75, 3.05) is 25.4 Å². The average molecular weight is 232 g/mol. The fraction of sp³-hybridized carbons (Fsp3) is 0.600. The van der Waals surface area contributed by atoms with Crippen LogP contribution in [0.4, 0.5) is 5.69 Å². The standard InChI is InChI=1S/C15H24N2/c1-3-17(4-2)11-12-5-6-14-10-15(16)8-7-13(14)9-12/h7-8,10,12H,3-6,9,11,16H2,1-2H3. The van der Waals surface area contributed by atoms with Gasteiger partial charge in [0.1, 0.15) is 0 Å². The van der Waals surface area contributed by atoms with E-state index in [1.54, 1.807) is 0 Å². The number of nitrogens with two attached hydrogens (primary N) is 1. The number of rotatable bonds is 4. The Balaban J connectivity index is 2.01. The first-order chi connectivity index (χ1) is 8.22. The molecular weight excluding hydrogens is 208 g/mol. The lowest BCUT2D eigenvalue weighted by Crippen LogP contribution is -2.32. The molecule has 2 rings (SSSR count). The minimum Gasteiger partial charge on any atom is -0.399 e. The Labute approximate surface area is 105 Å². The zero-order valence-electron chi connectivity index (χ0n) is 11.1. The van der Waals surface area contributed by atoms with E-state index >= 15 is 0 Å². The molecule has 0 aliphatic heterocycles. The van der Waals surface area contributed by atoms with E-state index in [0.717, 1.165) is 11.6 Å². The van der Waals surface area contributed by atoms with E-state index in [4.69, 9.17) is 5.73 Å². The molecular formula is C15H24N2. The van der Waals surface area contributed by atoms with Crippen molar-refractivity contribution in [3.8, 4) is 0 Å². The summed E-state index contributed by atoms with van der Waals surface area (Å²) < 4.78 is 0. The van der Waals surface area contributed by atoms with Crippen molar-refractivity contribution in [3.63, 3.8) is 0 Å². The Bertz CT molecular complexity index is 369. The van der Waals surface area contributed by atoms with Crippen molar-refractivity contribution in [1.29, 1.82) is 0 Å². The van der Waals surface area contributed by atoms with Gasteiger partial charge in [0.15, 0.2) is 0 Å². The van der Waals surface area contributed by atoms with Crippen LogP contribution in [0.15, 0.2) is 18.2 Å². The highest BCUT2D eigenvalue weighted by Gasteiger charge is 2.20. The summed E-state index contributed by atoms with van der Waals surface area (Å²) >= 11 is 0. The first kappa shape index (κ1) is 12.4. The molecule has 2 heteroatoms. The van der Waals surface area contributed by atoms with Crippen LogP contribution >= 0.6 is 0 Å². The molecule has 17 heavy (non-hydrogen) atoms. The molecule has 0 saturated carbocycles. The van der Waals surface area contributed by atoms with Crippen molar-refractivity contribution in [1.82, 2.24) is 4.90 Å². The maximum absolute atomic E-state index is 5.83. The molecule has 0 amide bonds. The lowest BCUT2D eigenvalue weighted by Gasteiger charge is -2.29. The maximum atomic E-state index is 5.83. The molecule has 0 fully saturated rings. The molecule has 0 heterocycles. The molecule has 94 valence electrons. The maximum Gasteiger partial charge on any atom is 0.0316 e. The van der Waals surface area contributed by atoms with E-state index in [1.165, 1.54) is 50.0 Å². The van der Waals surface area contributed by atoms with Crippen molar-refractivity contribution in [2.24, 2.45) is 5.92 Å². The van der Waals surface area contributed by atoms with Crippen molar-refractivity contribution in [2.45, 2.75) is 33.1 Å². The summed E-state index contributed by atoms with van der Waals surface area (Å²) in [6.07, 6.45) is 3.74. The van der Waals surface area contributed by atoms with E-state index in [0.29, 0.717) is 0 Å². The van der Waals surface area contributed by atoms with Gasteiger partial charge in [-0.15, -0.1) is 0 Å². The monoisotopic (exact) mass is 232 g/mol. The van der Waals surface area contributed by atoms with Gasteiger partial charge < -0.3 is 10.6 Å². The van der Waals surface area contributed by atoms with Gasteiger partial charge >= 0.3 is 0 Å². The normalized spacial score (nSPS) is 19.4. The van der Waals surface area contributed by atoms with E-state index in [9.17, 15) is 0 Å². The summed E-state index contributed by atoms with van der Waals surface area (Å²) in [5.74, 6) is 0.825. The van der Waals surface area contributed by atoms with Crippen molar-refractivity contribution in [3.05, 3.63) is 29.3 Å². The first-order valence-electron chi connectivity index (χ1n) is 6.82. The number of anilines is 1. The number of aryl methyl sites for hydroxylation is 1. The van der Waals surface area contributed by atoms with Gasteiger partial charge in [0.05, 0.1) is 0 Å². The summed E-state index contributed by atoms with van der Waals surface area (Å²) in [7, 11) is 0. The molecule has 2 N–H and O–H groups in total. The number of hydrogen-bond donors (Lipinski definition) is 1. The molecule has 1 aliphatic carbocycles. The van der Waals surface area contributed by atoms with Crippen LogP contribution in [0.3, 0.4) is 0 Å². The van der Waals surface area contributed by atoms with Gasteiger partial charge in [0, 0.05) is 12.2 Å². The van der Waals surface area contributed by atoms with Crippen molar-refractivity contribution < 1.29 is 0 Å². The Morgan fingerprint density at radius 1 is 1.24 bits per heavy atom. The molecule has 1 atom stereocenters. The molecule has 0 bridgehead atoms. The fourth-order valence-corrected chi connectivity index (χ4v) is 2.85. The van der Waals surface area contributed by atoms with E-state index < -0.39 is 0 Å². The Kier molecular flexibility index (Phi) is 4.06. The van der Waals surface area contributed by atoms with Gasteiger partial charge in [0.2, 0.25) is 0 Å². The van der Waals surface area contributed by atoms with E-state index in [-0.39, 0.29) is 0 Å². The minimum absolute atomic E-state index is 0.825. The van der Waals surface area contributed by atoms with Crippen LogP contribution in [0.25, 0.3) is 0 Å². The van der Waals surface area contributed by atoms with Crippen LogP contribution < -0.4 is 5.73 Å². The van der Waals surface area contributed by atoms with Crippen LogP contribution in [0.5, 0.6) is 0 Å². The molecule has 1 unspecified atom stereocenters. The Hall–Kier alpha value is -1.02. The second-order valence-corrected chi connectivity index (χ2v) is 5.12.